The van der Waals surface area contributed by atoms with Crippen LogP contribution in [0.4, 0.5) is 16.5 Å². The van der Waals surface area contributed by atoms with Gasteiger partial charge in [-0.05, 0) is 31.7 Å². The molecule has 0 unspecified atom stereocenters. The molecule has 1 N–H and O–H groups in total. The minimum Gasteiger partial charge on any atom is -0.452 e. The molecule has 29 heavy (non-hydrogen) atoms. The van der Waals surface area contributed by atoms with E-state index in [1.54, 1.807) is 18.4 Å². The molecule has 0 radical (unpaired) electrons. The molecule has 1 amide bonds. The third-order valence-corrected chi connectivity index (χ3v) is 5.61. The van der Waals surface area contributed by atoms with Crippen molar-refractivity contribution in [3.63, 3.8) is 0 Å². The zero-order chi connectivity index (χ0) is 21.0. The summed E-state index contributed by atoms with van der Waals surface area (Å²) in [6.45, 7) is 4.98. The highest BCUT2D eigenvalue weighted by atomic mass is 32.1. The minimum atomic E-state index is -0.771. The topological polar surface area (TPSA) is 115 Å². The van der Waals surface area contributed by atoms with E-state index in [2.05, 4.69) is 17.2 Å². The first-order valence-electron chi connectivity index (χ1n) is 9.26. The first-order chi connectivity index (χ1) is 13.8. The van der Waals surface area contributed by atoms with Crippen LogP contribution < -0.4 is 10.2 Å². The average Bonchev–Trinajstić information content (AvgIpc) is 3.10. The number of amides is 1. The van der Waals surface area contributed by atoms with E-state index < -0.39 is 23.4 Å². The van der Waals surface area contributed by atoms with Crippen LogP contribution in [-0.2, 0) is 9.53 Å². The Labute approximate surface area is 171 Å². The van der Waals surface area contributed by atoms with E-state index in [0.717, 1.165) is 31.6 Å². The van der Waals surface area contributed by atoms with Crippen LogP contribution >= 0.6 is 11.3 Å². The van der Waals surface area contributed by atoms with Gasteiger partial charge in [-0.25, -0.2) is 9.78 Å². The summed E-state index contributed by atoms with van der Waals surface area (Å²) in [4.78, 5) is 41.4. The molecule has 3 rings (SSSR count). The van der Waals surface area contributed by atoms with Gasteiger partial charge in [0.2, 0.25) is 0 Å². The van der Waals surface area contributed by atoms with Gasteiger partial charge < -0.3 is 9.64 Å². The normalized spacial score (nSPS) is 14.5. The SMILES string of the molecule is Cc1csc(NC(=O)COC(=O)c2cc([N+](=O)[O-])ccc2N2CCC(C)CC2)n1. The van der Waals surface area contributed by atoms with Crippen LogP contribution in [0.3, 0.4) is 0 Å². The number of benzene rings is 1. The van der Waals surface area contributed by atoms with E-state index >= 15 is 0 Å². The van der Waals surface area contributed by atoms with Gasteiger partial charge in [0.05, 0.1) is 21.9 Å². The number of thiazole rings is 1. The molecule has 10 heteroatoms. The summed E-state index contributed by atoms with van der Waals surface area (Å²) in [6, 6.07) is 4.16. The van der Waals surface area contributed by atoms with Crippen molar-refractivity contribution < 1.29 is 19.2 Å². The maximum atomic E-state index is 12.6. The number of hydrogen-bond donors (Lipinski definition) is 1. The fraction of sp³-hybridized carbons (Fsp3) is 0.421. The van der Waals surface area contributed by atoms with E-state index in [1.165, 1.54) is 23.5 Å². The second-order valence-corrected chi connectivity index (χ2v) is 7.90. The Morgan fingerprint density at radius 3 is 2.72 bits per heavy atom. The predicted molar refractivity (Wildman–Crippen MR) is 109 cm³/mol. The molecule has 1 saturated heterocycles. The molecule has 0 saturated carbocycles. The van der Waals surface area contributed by atoms with E-state index in [1.807, 2.05) is 4.90 Å². The maximum absolute atomic E-state index is 12.6. The monoisotopic (exact) mass is 418 g/mol. The van der Waals surface area contributed by atoms with Crippen LogP contribution in [0.25, 0.3) is 0 Å². The lowest BCUT2D eigenvalue weighted by atomic mass is 9.98. The molecule has 1 aliphatic heterocycles. The van der Waals surface area contributed by atoms with Gasteiger partial charge in [0.1, 0.15) is 0 Å². The Hall–Kier alpha value is -3.01. The molecule has 9 nitrogen and oxygen atoms in total. The number of nitro groups is 1. The minimum absolute atomic E-state index is 0.0895. The summed E-state index contributed by atoms with van der Waals surface area (Å²) in [6.07, 6.45) is 1.95. The third kappa shape index (κ3) is 5.29. The second-order valence-electron chi connectivity index (χ2n) is 7.05. The number of carbonyl (C=O) groups is 2. The third-order valence-electron chi connectivity index (χ3n) is 4.73. The van der Waals surface area contributed by atoms with Crippen LogP contribution in [0.5, 0.6) is 0 Å². The highest BCUT2D eigenvalue weighted by Gasteiger charge is 2.24. The van der Waals surface area contributed by atoms with Crippen molar-refractivity contribution in [2.45, 2.75) is 26.7 Å². The second kappa shape index (κ2) is 8.99. The molecule has 2 heterocycles. The van der Waals surface area contributed by atoms with Crippen molar-refractivity contribution in [2.24, 2.45) is 5.92 Å². The molecule has 2 aromatic rings. The highest BCUT2D eigenvalue weighted by Crippen LogP contribution is 2.30. The largest absolute Gasteiger partial charge is 0.452 e. The summed E-state index contributed by atoms with van der Waals surface area (Å²) in [5, 5.41) is 15.9. The average molecular weight is 418 g/mol. The first-order valence-corrected chi connectivity index (χ1v) is 10.1. The van der Waals surface area contributed by atoms with Crippen LogP contribution in [0.2, 0.25) is 0 Å². The van der Waals surface area contributed by atoms with Crippen molar-refractivity contribution >= 4 is 39.7 Å². The number of nitrogens with one attached hydrogen (secondary N) is 1. The van der Waals surface area contributed by atoms with Gasteiger partial charge in [0, 0.05) is 30.6 Å². The predicted octanol–water partition coefficient (Wildman–Crippen LogP) is 3.39. The Morgan fingerprint density at radius 2 is 2.10 bits per heavy atom. The number of nitro benzene ring substituents is 1. The van der Waals surface area contributed by atoms with Gasteiger partial charge in [-0.2, -0.15) is 0 Å². The molecular formula is C19H22N4O5S. The molecule has 1 aromatic heterocycles. The van der Waals surface area contributed by atoms with Gasteiger partial charge in [0.25, 0.3) is 11.6 Å². The molecule has 1 aliphatic rings. The van der Waals surface area contributed by atoms with Crippen LogP contribution in [-0.4, -0.2) is 41.5 Å². The number of rotatable bonds is 6. The van der Waals surface area contributed by atoms with Crippen LogP contribution in [0.1, 0.15) is 35.8 Å². The molecule has 1 fully saturated rings. The Balaban J connectivity index is 1.72. The summed E-state index contributed by atoms with van der Waals surface area (Å²) in [5.41, 5.74) is 1.25. The fourth-order valence-electron chi connectivity index (χ4n) is 3.10. The number of aryl methyl sites for hydroxylation is 1. The van der Waals surface area contributed by atoms with Gasteiger partial charge in [0.15, 0.2) is 11.7 Å². The van der Waals surface area contributed by atoms with E-state index in [0.29, 0.717) is 16.7 Å². The number of non-ortho nitro benzene ring substituents is 1. The Kier molecular flexibility index (Phi) is 6.42. The first kappa shape index (κ1) is 20.7. The lowest BCUT2D eigenvalue weighted by molar-refractivity contribution is -0.384. The lowest BCUT2D eigenvalue weighted by Gasteiger charge is -2.33. The van der Waals surface area contributed by atoms with Crippen molar-refractivity contribution in [1.82, 2.24) is 4.98 Å². The van der Waals surface area contributed by atoms with Crippen LogP contribution in [0, 0.1) is 23.0 Å². The number of piperidine rings is 1. The van der Waals surface area contributed by atoms with Crippen LogP contribution in [0.15, 0.2) is 23.6 Å². The molecular weight excluding hydrogens is 396 g/mol. The number of aromatic nitrogens is 1. The standard InChI is InChI=1S/C19H22N4O5S/c1-12-5-7-22(8-6-12)16-4-3-14(23(26)27)9-15(16)18(25)28-10-17(24)21-19-20-13(2)11-29-19/h3-4,9,11-12H,5-8,10H2,1-2H3,(H,20,21,24). The van der Waals surface area contributed by atoms with Gasteiger partial charge >= 0.3 is 5.97 Å². The number of hydrogen-bond acceptors (Lipinski definition) is 8. The summed E-state index contributed by atoms with van der Waals surface area (Å²) < 4.78 is 5.13. The van der Waals surface area contributed by atoms with E-state index in [-0.39, 0.29) is 11.3 Å². The fourth-order valence-corrected chi connectivity index (χ4v) is 3.81. The number of esters is 1. The number of anilines is 2. The lowest BCUT2D eigenvalue weighted by Crippen LogP contribution is -2.34. The number of carbonyl (C=O) groups excluding carboxylic acids is 2. The van der Waals surface area contributed by atoms with Gasteiger partial charge in [-0.3, -0.25) is 20.2 Å². The molecule has 0 spiro atoms. The van der Waals surface area contributed by atoms with Gasteiger partial charge in [-0.1, -0.05) is 6.92 Å². The highest BCUT2D eigenvalue weighted by molar-refractivity contribution is 7.13. The Morgan fingerprint density at radius 1 is 1.38 bits per heavy atom. The summed E-state index contributed by atoms with van der Waals surface area (Å²) in [7, 11) is 0. The van der Waals surface area contributed by atoms with Crippen molar-refractivity contribution in [2.75, 3.05) is 29.9 Å². The van der Waals surface area contributed by atoms with Crippen molar-refractivity contribution in [3.8, 4) is 0 Å². The zero-order valence-corrected chi connectivity index (χ0v) is 17.0. The molecule has 0 aliphatic carbocycles. The van der Waals surface area contributed by atoms with E-state index in [4.69, 9.17) is 4.74 Å². The molecule has 154 valence electrons. The van der Waals surface area contributed by atoms with Crippen molar-refractivity contribution in [3.05, 3.63) is 45.0 Å². The van der Waals surface area contributed by atoms with E-state index in [9.17, 15) is 19.7 Å². The molecule has 0 atom stereocenters. The number of ether oxygens (including phenoxy) is 1. The van der Waals surface area contributed by atoms with Crippen molar-refractivity contribution in [1.29, 1.82) is 0 Å². The zero-order valence-electron chi connectivity index (χ0n) is 16.2. The number of nitrogens with zero attached hydrogens (tertiary/aromatic N) is 3. The summed E-state index contributed by atoms with van der Waals surface area (Å²) >= 11 is 1.27. The Bertz CT molecular complexity index is 921. The quantitative estimate of drug-likeness (QED) is 0.434. The molecule has 0 bridgehead atoms. The smallest absolute Gasteiger partial charge is 0.341 e. The maximum Gasteiger partial charge on any atom is 0.341 e. The summed E-state index contributed by atoms with van der Waals surface area (Å²) in [5.74, 6) is -0.697. The molecule has 1 aromatic carbocycles. The van der Waals surface area contributed by atoms with Gasteiger partial charge in [-0.15, -0.1) is 11.3 Å².